The molecule has 3 aromatic carbocycles. The molecule has 1 aliphatic rings. The number of anilines is 2. The number of nitrogens with zero attached hydrogens (tertiary/aromatic N) is 2. The van der Waals surface area contributed by atoms with E-state index in [9.17, 15) is 0 Å². The number of hydrogen-bond donors (Lipinski definition) is 0. The molecule has 0 saturated carbocycles. The van der Waals surface area contributed by atoms with Crippen LogP contribution in [0.1, 0.15) is 18.4 Å². The Kier molecular flexibility index (Phi) is 4.98. The smallest absolute Gasteiger partial charge is 0.0771 e. The molecule has 26 heavy (non-hydrogen) atoms. The number of rotatable bonds is 5. The summed E-state index contributed by atoms with van der Waals surface area (Å²) < 4.78 is 5.61. The molecule has 1 heterocycles. The zero-order chi connectivity index (χ0) is 17.8. The number of benzene rings is 3. The van der Waals surface area contributed by atoms with Gasteiger partial charge in [0.25, 0.3) is 0 Å². The first-order valence-electron chi connectivity index (χ1n) is 9.24. The number of aliphatic imine (C=N–C) groups is 1. The highest BCUT2D eigenvalue weighted by atomic mass is 16.5. The van der Waals surface area contributed by atoms with Crippen LogP contribution in [-0.4, -0.2) is 32.5 Å². The largest absolute Gasteiger partial charge is 0.376 e. The zero-order valence-electron chi connectivity index (χ0n) is 15.1. The van der Waals surface area contributed by atoms with Gasteiger partial charge in [0, 0.05) is 36.6 Å². The lowest BCUT2D eigenvalue weighted by Crippen LogP contribution is -2.10. The Hall–Kier alpha value is -2.65. The third-order valence-corrected chi connectivity index (χ3v) is 4.98. The summed E-state index contributed by atoms with van der Waals surface area (Å²) in [5, 5.41) is 2.52. The van der Waals surface area contributed by atoms with Crippen LogP contribution in [0.2, 0.25) is 0 Å². The molecule has 1 saturated heterocycles. The normalized spacial score (nSPS) is 17.2. The summed E-state index contributed by atoms with van der Waals surface area (Å²) in [7, 11) is 2.11. The van der Waals surface area contributed by atoms with Crippen molar-refractivity contribution in [2.24, 2.45) is 4.99 Å². The molecule has 0 unspecified atom stereocenters. The van der Waals surface area contributed by atoms with Crippen LogP contribution in [-0.2, 0) is 4.74 Å². The second-order valence-corrected chi connectivity index (χ2v) is 6.78. The van der Waals surface area contributed by atoms with Gasteiger partial charge in [-0.25, -0.2) is 0 Å². The fourth-order valence-electron chi connectivity index (χ4n) is 3.49. The Labute approximate surface area is 154 Å². The first-order chi connectivity index (χ1) is 12.8. The predicted octanol–water partition coefficient (Wildman–Crippen LogP) is 5.21. The topological polar surface area (TPSA) is 24.8 Å². The minimum Gasteiger partial charge on any atom is -0.376 e. The van der Waals surface area contributed by atoms with Gasteiger partial charge in [-0.05, 0) is 42.0 Å². The molecule has 0 bridgehead atoms. The van der Waals surface area contributed by atoms with Crippen LogP contribution in [0.5, 0.6) is 0 Å². The molecule has 3 nitrogen and oxygen atoms in total. The van der Waals surface area contributed by atoms with E-state index in [0.29, 0.717) is 6.10 Å². The monoisotopic (exact) mass is 344 g/mol. The van der Waals surface area contributed by atoms with Gasteiger partial charge in [0.05, 0.1) is 12.6 Å². The molecule has 0 aliphatic carbocycles. The van der Waals surface area contributed by atoms with Crippen molar-refractivity contribution in [2.45, 2.75) is 18.9 Å². The molecular formula is C23H24N2O. The molecule has 1 atom stereocenters. The molecule has 0 aromatic heterocycles. The Morgan fingerprint density at radius 2 is 1.85 bits per heavy atom. The molecule has 4 rings (SSSR count). The van der Waals surface area contributed by atoms with Crippen molar-refractivity contribution in [3.63, 3.8) is 0 Å². The second-order valence-electron chi connectivity index (χ2n) is 6.78. The van der Waals surface area contributed by atoms with E-state index in [0.717, 1.165) is 37.2 Å². The third-order valence-electron chi connectivity index (χ3n) is 4.98. The molecule has 1 fully saturated rings. The van der Waals surface area contributed by atoms with E-state index in [2.05, 4.69) is 83.7 Å². The van der Waals surface area contributed by atoms with Gasteiger partial charge in [0.1, 0.15) is 0 Å². The quantitative estimate of drug-likeness (QED) is 0.594. The van der Waals surface area contributed by atoms with E-state index in [4.69, 9.17) is 4.74 Å². The predicted molar refractivity (Wildman–Crippen MR) is 110 cm³/mol. The van der Waals surface area contributed by atoms with E-state index in [1.807, 2.05) is 6.21 Å². The maximum absolute atomic E-state index is 5.61. The molecule has 0 spiro atoms. The maximum atomic E-state index is 5.61. The van der Waals surface area contributed by atoms with Crippen LogP contribution in [0.4, 0.5) is 11.4 Å². The van der Waals surface area contributed by atoms with Gasteiger partial charge in [0.15, 0.2) is 0 Å². The average Bonchev–Trinajstić information content (AvgIpc) is 3.21. The summed E-state index contributed by atoms with van der Waals surface area (Å²) in [5.74, 6) is 0. The van der Waals surface area contributed by atoms with Gasteiger partial charge >= 0.3 is 0 Å². The summed E-state index contributed by atoms with van der Waals surface area (Å²) >= 11 is 0. The van der Waals surface area contributed by atoms with Crippen molar-refractivity contribution in [2.75, 3.05) is 25.1 Å². The highest BCUT2D eigenvalue weighted by Crippen LogP contribution is 2.30. The van der Waals surface area contributed by atoms with Crippen molar-refractivity contribution in [1.29, 1.82) is 0 Å². The molecular weight excluding hydrogens is 320 g/mol. The van der Waals surface area contributed by atoms with Crippen LogP contribution < -0.4 is 4.90 Å². The van der Waals surface area contributed by atoms with Crippen molar-refractivity contribution >= 4 is 28.4 Å². The van der Waals surface area contributed by atoms with Gasteiger partial charge in [0.2, 0.25) is 0 Å². The van der Waals surface area contributed by atoms with Gasteiger partial charge in [-0.2, -0.15) is 0 Å². The van der Waals surface area contributed by atoms with Crippen LogP contribution in [0.25, 0.3) is 10.8 Å². The van der Waals surface area contributed by atoms with Crippen LogP contribution in [0, 0.1) is 0 Å². The van der Waals surface area contributed by atoms with Crippen LogP contribution in [0.3, 0.4) is 0 Å². The van der Waals surface area contributed by atoms with E-state index < -0.39 is 0 Å². The van der Waals surface area contributed by atoms with E-state index in [1.165, 1.54) is 16.5 Å². The highest BCUT2D eigenvalue weighted by Gasteiger charge is 2.13. The summed E-state index contributed by atoms with van der Waals surface area (Å²) in [6.07, 6.45) is 4.55. The number of ether oxygens (including phenoxy) is 1. The summed E-state index contributed by atoms with van der Waals surface area (Å²) in [5.41, 5.74) is 3.50. The van der Waals surface area contributed by atoms with Gasteiger partial charge in [-0.15, -0.1) is 0 Å². The molecule has 0 amide bonds. The molecule has 0 N–H and O–H groups in total. The standard InChI is InChI=1S/C23H24N2O/c1-25(23-10-4-7-19-6-2-3-9-22(19)23)20-13-11-18(12-14-20)16-24-17-21-8-5-15-26-21/h2-4,6-7,9-14,16,21H,5,8,15,17H2,1H3/t21-/m1/s1. The molecule has 1 aliphatic heterocycles. The minimum absolute atomic E-state index is 0.308. The lowest BCUT2D eigenvalue weighted by molar-refractivity contribution is 0.118. The SMILES string of the molecule is CN(c1ccc(C=NC[C@H]2CCCO2)cc1)c1cccc2ccccc12. The fourth-order valence-corrected chi connectivity index (χ4v) is 3.49. The Balaban J connectivity index is 1.49. The lowest BCUT2D eigenvalue weighted by Gasteiger charge is -2.21. The Morgan fingerprint density at radius 1 is 1.04 bits per heavy atom. The van der Waals surface area contributed by atoms with Crippen LogP contribution in [0.15, 0.2) is 71.7 Å². The van der Waals surface area contributed by atoms with Crippen molar-refractivity contribution in [1.82, 2.24) is 0 Å². The second kappa shape index (κ2) is 7.71. The number of fused-ring (bicyclic) bond motifs is 1. The molecule has 3 aromatic rings. The van der Waals surface area contributed by atoms with Gasteiger partial charge in [-0.3, -0.25) is 4.99 Å². The molecule has 3 heteroatoms. The summed E-state index contributed by atoms with van der Waals surface area (Å²) in [6, 6.07) is 23.5. The lowest BCUT2D eigenvalue weighted by atomic mass is 10.1. The van der Waals surface area contributed by atoms with Gasteiger partial charge < -0.3 is 9.64 Å². The zero-order valence-corrected chi connectivity index (χ0v) is 15.1. The fraction of sp³-hybridized carbons (Fsp3) is 0.261. The van der Waals surface area contributed by atoms with Crippen LogP contribution >= 0.6 is 0 Å². The number of hydrogen-bond acceptors (Lipinski definition) is 3. The van der Waals surface area contributed by atoms with E-state index in [-0.39, 0.29) is 0 Å². The third kappa shape index (κ3) is 3.63. The molecule has 0 radical (unpaired) electrons. The first kappa shape index (κ1) is 16.8. The maximum Gasteiger partial charge on any atom is 0.0771 e. The first-order valence-corrected chi connectivity index (χ1v) is 9.24. The van der Waals surface area contributed by atoms with E-state index >= 15 is 0 Å². The van der Waals surface area contributed by atoms with Crippen molar-refractivity contribution < 1.29 is 4.74 Å². The Morgan fingerprint density at radius 3 is 2.65 bits per heavy atom. The summed E-state index contributed by atoms with van der Waals surface area (Å²) in [4.78, 5) is 6.77. The average molecular weight is 344 g/mol. The van der Waals surface area contributed by atoms with Crippen molar-refractivity contribution in [3.05, 3.63) is 72.3 Å². The molecule has 132 valence electrons. The van der Waals surface area contributed by atoms with Crippen molar-refractivity contribution in [3.8, 4) is 0 Å². The summed E-state index contributed by atoms with van der Waals surface area (Å²) in [6.45, 7) is 1.65. The highest BCUT2D eigenvalue weighted by molar-refractivity contribution is 5.96. The minimum atomic E-state index is 0.308. The van der Waals surface area contributed by atoms with Gasteiger partial charge in [-0.1, -0.05) is 48.5 Å². The van der Waals surface area contributed by atoms with E-state index in [1.54, 1.807) is 0 Å². The Bertz CT molecular complexity index is 890.